The molecule has 0 saturated heterocycles. The number of alkyl halides is 2. The van der Waals surface area contributed by atoms with Crippen molar-refractivity contribution in [3.8, 4) is 6.07 Å². The molecule has 2 amide bonds. The van der Waals surface area contributed by atoms with Crippen LogP contribution >= 0.6 is 0 Å². The van der Waals surface area contributed by atoms with Gasteiger partial charge >= 0.3 is 0 Å². The summed E-state index contributed by atoms with van der Waals surface area (Å²) in [4.78, 5) is 23.6. The number of halogens is 2. The Hall–Kier alpha value is -3.27. The Labute approximate surface area is 162 Å². The summed E-state index contributed by atoms with van der Waals surface area (Å²) in [5.41, 5.74) is 5.81. The Balaban J connectivity index is 2.10. The van der Waals surface area contributed by atoms with E-state index in [-0.39, 0.29) is 18.5 Å². The zero-order valence-corrected chi connectivity index (χ0v) is 15.1. The number of carbonyl (C=O) groups excluding carboxylic acids is 2. The third-order valence-corrected chi connectivity index (χ3v) is 4.32. The molecule has 2 atom stereocenters. The number of nitrogens with zero attached hydrogens (tertiary/aromatic N) is 1. The molecule has 0 fully saturated rings. The van der Waals surface area contributed by atoms with Crippen molar-refractivity contribution in [2.24, 2.45) is 5.73 Å². The Morgan fingerprint density at radius 1 is 1.04 bits per heavy atom. The Kier molecular flexibility index (Phi) is 7.21. The molecule has 5 nitrogen and oxygen atoms in total. The van der Waals surface area contributed by atoms with E-state index in [4.69, 9.17) is 5.73 Å². The lowest BCUT2D eigenvalue weighted by Crippen LogP contribution is -2.42. The quantitative estimate of drug-likeness (QED) is 0.694. The van der Waals surface area contributed by atoms with Crippen LogP contribution < -0.4 is 11.1 Å². The van der Waals surface area contributed by atoms with Gasteiger partial charge in [0.15, 0.2) is 0 Å². The molecule has 0 heterocycles. The van der Waals surface area contributed by atoms with E-state index in [9.17, 15) is 23.6 Å². The first kappa shape index (κ1) is 21.0. The van der Waals surface area contributed by atoms with Gasteiger partial charge in [-0.25, -0.2) is 8.78 Å². The Morgan fingerprint density at radius 3 is 2.07 bits per heavy atom. The second-order valence-electron chi connectivity index (χ2n) is 6.42. The van der Waals surface area contributed by atoms with Gasteiger partial charge < -0.3 is 11.1 Å². The van der Waals surface area contributed by atoms with Gasteiger partial charge in [-0.05, 0) is 17.5 Å². The first-order chi connectivity index (χ1) is 13.3. The molecule has 0 aromatic heterocycles. The second-order valence-corrected chi connectivity index (χ2v) is 6.42. The van der Waals surface area contributed by atoms with Gasteiger partial charge in [0.25, 0.3) is 5.92 Å². The fourth-order valence-electron chi connectivity index (χ4n) is 3.00. The van der Waals surface area contributed by atoms with Crippen LogP contribution in [-0.2, 0) is 9.59 Å². The lowest BCUT2D eigenvalue weighted by Gasteiger charge is -2.26. The number of nitrogens with two attached hydrogens (primary N) is 1. The predicted octanol–water partition coefficient (Wildman–Crippen LogP) is 3.09. The van der Waals surface area contributed by atoms with E-state index in [1.807, 2.05) is 6.07 Å². The minimum atomic E-state index is -3.63. The molecule has 0 saturated carbocycles. The lowest BCUT2D eigenvalue weighted by molar-refractivity contribution is -0.137. The molecular formula is C21H21F2N3O2. The van der Waals surface area contributed by atoms with E-state index >= 15 is 0 Å². The summed E-state index contributed by atoms with van der Waals surface area (Å²) in [6, 6.07) is 18.7. The number of nitrogens with one attached hydrogen (secondary N) is 1. The molecule has 0 aliphatic carbocycles. The minimum absolute atomic E-state index is 0.0436. The number of carbonyl (C=O) groups is 2. The number of primary amides is 1. The molecule has 2 aromatic carbocycles. The molecule has 0 radical (unpaired) electrons. The van der Waals surface area contributed by atoms with Crippen LogP contribution in [0.15, 0.2) is 60.7 Å². The minimum Gasteiger partial charge on any atom is -0.369 e. The summed E-state index contributed by atoms with van der Waals surface area (Å²) in [7, 11) is 0. The largest absolute Gasteiger partial charge is 0.369 e. The van der Waals surface area contributed by atoms with Gasteiger partial charge in [0, 0.05) is 6.54 Å². The van der Waals surface area contributed by atoms with Crippen LogP contribution in [0.1, 0.15) is 35.8 Å². The second kappa shape index (κ2) is 9.60. The van der Waals surface area contributed by atoms with Crippen LogP contribution in [0.2, 0.25) is 0 Å². The van der Waals surface area contributed by atoms with Crippen molar-refractivity contribution in [2.75, 3.05) is 6.54 Å². The van der Waals surface area contributed by atoms with Crippen molar-refractivity contribution in [3.05, 3.63) is 71.8 Å². The fourth-order valence-corrected chi connectivity index (χ4v) is 3.00. The summed E-state index contributed by atoms with van der Waals surface area (Å²) in [6.45, 7) is 0.0436. The summed E-state index contributed by atoms with van der Waals surface area (Å²) in [6.07, 6.45) is -0.958. The number of nitriles is 1. The monoisotopic (exact) mass is 385 g/mol. The number of benzene rings is 2. The van der Waals surface area contributed by atoms with Gasteiger partial charge in [0.05, 0.1) is 18.4 Å². The van der Waals surface area contributed by atoms with Crippen LogP contribution in [0.4, 0.5) is 8.78 Å². The highest BCUT2D eigenvalue weighted by Gasteiger charge is 2.46. The summed E-state index contributed by atoms with van der Waals surface area (Å²) in [5, 5.41) is 11.8. The Bertz CT molecular complexity index is 836. The molecule has 28 heavy (non-hydrogen) atoms. The summed E-state index contributed by atoms with van der Waals surface area (Å²) >= 11 is 0. The maximum Gasteiger partial charge on any atom is 0.272 e. The first-order valence-corrected chi connectivity index (χ1v) is 8.78. The molecule has 0 unspecified atom stereocenters. The van der Waals surface area contributed by atoms with Crippen molar-refractivity contribution in [1.29, 1.82) is 5.26 Å². The maximum absolute atomic E-state index is 14.6. The molecular weight excluding hydrogens is 364 g/mol. The highest BCUT2D eigenvalue weighted by Crippen LogP contribution is 2.36. The maximum atomic E-state index is 14.6. The third kappa shape index (κ3) is 5.61. The van der Waals surface area contributed by atoms with E-state index in [0.29, 0.717) is 0 Å². The van der Waals surface area contributed by atoms with Crippen molar-refractivity contribution in [2.45, 2.75) is 30.6 Å². The van der Waals surface area contributed by atoms with Crippen LogP contribution in [0.5, 0.6) is 0 Å². The van der Waals surface area contributed by atoms with Crippen molar-refractivity contribution in [3.63, 3.8) is 0 Å². The van der Waals surface area contributed by atoms with Crippen molar-refractivity contribution >= 4 is 11.8 Å². The standard InChI is InChI=1S/C21H21F2N3O2/c22-21(23,13-18(25)27)19(16-9-5-2-6-10-16)20(28)26-12-11-17(14-24)15-7-3-1-4-8-15/h1-10,17,19H,11-13H2,(H2,25,27)(H,26,28)/t17-,19+/m1/s1. The zero-order chi connectivity index (χ0) is 20.6. The smallest absolute Gasteiger partial charge is 0.272 e. The van der Waals surface area contributed by atoms with E-state index < -0.39 is 36.0 Å². The zero-order valence-electron chi connectivity index (χ0n) is 15.1. The number of amides is 2. The van der Waals surface area contributed by atoms with Crippen LogP contribution in [-0.4, -0.2) is 24.3 Å². The molecule has 2 rings (SSSR count). The predicted molar refractivity (Wildman–Crippen MR) is 100 cm³/mol. The number of rotatable bonds is 9. The summed E-state index contributed by atoms with van der Waals surface area (Å²) in [5.74, 6) is -8.05. The highest BCUT2D eigenvalue weighted by molar-refractivity contribution is 5.86. The SMILES string of the molecule is N#C[C@@H](CCNC(=O)[C@H](c1ccccc1)C(F)(F)CC(N)=O)c1ccccc1. The number of hydrogen-bond donors (Lipinski definition) is 2. The van der Waals surface area contributed by atoms with E-state index in [1.54, 1.807) is 30.3 Å². The first-order valence-electron chi connectivity index (χ1n) is 8.78. The van der Waals surface area contributed by atoms with E-state index in [2.05, 4.69) is 11.4 Å². The molecule has 3 N–H and O–H groups in total. The van der Waals surface area contributed by atoms with Gasteiger partial charge in [0.1, 0.15) is 5.92 Å². The average Bonchev–Trinajstić information content (AvgIpc) is 2.65. The van der Waals surface area contributed by atoms with E-state index in [1.165, 1.54) is 24.3 Å². The van der Waals surface area contributed by atoms with Gasteiger partial charge in [-0.1, -0.05) is 60.7 Å². The topological polar surface area (TPSA) is 96.0 Å². The molecule has 0 bridgehead atoms. The highest BCUT2D eigenvalue weighted by atomic mass is 19.3. The third-order valence-electron chi connectivity index (χ3n) is 4.32. The average molecular weight is 385 g/mol. The lowest BCUT2D eigenvalue weighted by atomic mass is 9.89. The van der Waals surface area contributed by atoms with Gasteiger partial charge in [-0.15, -0.1) is 0 Å². The molecule has 0 aliphatic heterocycles. The Morgan fingerprint density at radius 2 is 1.57 bits per heavy atom. The molecule has 7 heteroatoms. The van der Waals surface area contributed by atoms with Crippen LogP contribution in [0.3, 0.4) is 0 Å². The van der Waals surface area contributed by atoms with Crippen LogP contribution in [0, 0.1) is 11.3 Å². The fraction of sp³-hybridized carbons (Fsp3) is 0.286. The van der Waals surface area contributed by atoms with Gasteiger partial charge in [-0.3, -0.25) is 9.59 Å². The number of hydrogen-bond acceptors (Lipinski definition) is 3. The normalized spacial score (nSPS) is 13.2. The van der Waals surface area contributed by atoms with Gasteiger partial charge in [-0.2, -0.15) is 5.26 Å². The van der Waals surface area contributed by atoms with Gasteiger partial charge in [0.2, 0.25) is 11.8 Å². The van der Waals surface area contributed by atoms with Crippen LogP contribution in [0.25, 0.3) is 0 Å². The molecule has 2 aromatic rings. The molecule has 0 spiro atoms. The van der Waals surface area contributed by atoms with E-state index in [0.717, 1.165) is 5.56 Å². The van der Waals surface area contributed by atoms with Crippen molar-refractivity contribution in [1.82, 2.24) is 5.32 Å². The van der Waals surface area contributed by atoms with Crippen molar-refractivity contribution < 1.29 is 18.4 Å². The summed E-state index contributed by atoms with van der Waals surface area (Å²) < 4.78 is 29.2. The molecule has 146 valence electrons. The molecule has 0 aliphatic rings.